The van der Waals surface area contributed by atoms with Crippen LogP contribution in [0, 0.1) is 40.9 Å². The van der Waals surface area contributed by atoms with Crippen LogP contribution in [0.5, 0.6) is 0 Å². The zero-order valence-electron chi connectivity index (χ0n) is 11.7. The lowest BCUT2D eigenvalue weighted by Crippen LogP contribution is -2.46. The van der Waals surface area contributed by atoms with E-state index >= 15 is 0 Å². The molecule has 5 aliphatic rings. The Kier molecular flexibility index (Phi) is 2.83. The lowest BCUT2D eigenvalue weighted by Gasteiger charge is -2.54. The fraction of sp³-hybridized carbons (Fsp3) is 0.824. The van der Waals surface area contributed by atoms with Gasteiger partial charge in [-0.3, -0.25) is 0 Å². The van der Waals surface area contributed by atoms with E-state index < -0.39 is 0 Å². The van der Waals surface area contributed by atoms with Crippen LogP contribution < -0.4 is 5.32 Å². The lowest BCUT2D eigenvalue weighted by atomic mass is 9.50. The molecule has 1 aliphatic heterocycles. The smallest absolute Gasteiger partial charge is 0.0968 e. The highest BCUT2D eigenvalue weighted by Gasteiger charge is 2.49. The van der Waals surface area contributed by atoms with Crippen molar-refractivity contribution in [2.24, 2.45) is 29.6 Å². The molecule has 0 spiro atoms. The molecule has 0 radical (unpaired) electrons. The second-order valence-corrected chi connectivity index (χ2v) is 7.34. The molecule has 0 aromatic carbocycles. The summed E-state index contributed by atoms with van der Waals surface area (Å²) in [4.78, 5) is 0. The topological polar surface area (TPSA) is 35.8 Å². The van der Waals surface area contributed by atoms with Crippen LogP contribution >= 0.6 is 0 Å². The second kappa shape index (κ2) is 4.54. The molecule has 0 aromatic heterocycles. The number of nitrogens with one attached hydrogen (secondary N) is 1. The molecular formula is C17H24N2. The monoisotopic (exact) mass is 256 g/mol. The molecule has 2 nitrogen and oxygen atoms in total. The van der Waals surface area contributed by atoms with Crippen molar-refractivity contribution in [2.45, 2.75) is 51.4 Å². The van der Waals surface area contributed by atoms with Crippen LogP contribution in [-0.4, -0.2) is 6.54 Å². The number of piperidine rings is 1. The predicted octanol–water partition coefficient (Wildman–Crippen LogP) is 3.61. The largest absolute Gasteiger partial charge is 0.388 e. The van der Waals surface area contributed by atoms with E-state index in [1.54, 1.807) is 0 Å². The van der Waals surface area contributed by atoms with Crippen molar-refractivity contribution in [3.63, 3.8) is 0 Å². The van der Waals surface area contributed by atoms with E-state index in [9.17, 15) is 5.26 Å². The van der Waals surface area contributed by atoms with Crippen LogP contribution in [0.1, 0.15) is 51.4 Å². The molecule has 0 unspecified atom stereocenters. The predicted molar refractivity (Wildman–Crippen MR) is 75.0 cm³/mol. The van der Waals surface area contributed by atoms with E-state index in [1.165, 1.54) is 50.6 Å². The van der Waals surface area contributed by atoms with Gasteiger partial charge in [0, 0.05) is 18.2 Å². The van der Waals surface area contributed by atoms with Gasteiger partial charge in [0.2, 0.25) is 0 Å². The summed E-state index contributed by atoms with van der Waals surface area (Å²) < 4.78 is 0. The Hall–Kier alpha value is -0.970. The zero-order chi connectivity index (χ0) is 12.8. The molecule has 2 heteroatoms. The van der Waals surface area contributed by atoms with Gasteiger partial charge in [-0.05, 0) is 75.0 Å². The first-order valence-electron chi connectivity index (χ1n) is 8.22. The van der Waals surface area contributed by atoms with Gasteiger partial charge < -0.3 is 5.32 Å². The van der Waals surface area contributed by atoms with Crippen LogP contribution in [0.25, 0.3) is 0 Å². The normalized spacial score (nSPS) is 46.6. The summed E-state index contributed by atoms with van der Waals surface area (Å²) in [5, 5.41) is 13.3. The molecule has 4 bridgehead atoms. The van der Waals surface area contributed by atoms with Gasteiger partial charge in [0.1, 0.15) is 0 Å². The quantitative estimate of drug-likeness (QED) is 0.727. The van der Waals surface area contributed by atoms with Gasteiger partial charge in [0.15, 0.2) is 0 Å². The first-order chi connectivity index (χ1) is 9.35. The molecule has 0 aromatic rings. The fourth-order valence-corrected chi connectivity index (χ4v) is 5.72. The van der Waals surface area contributed by atoms with Gasteiger partial charge in [0.25, 0.3) is 0 Å². The van der Waals surface area contributed by atoms with Crippen molar-refractivity contribution in [3.8, 4) is 6.07 Å². The first-order valence-corrected chi connectivity index (χ1v) is 8.22. The molecule has 19 heavy (non-hydrogen) atoms. The molecule has 1 heterocycles. The maximum Gasteiger partial charge on any atom is 0.0968 e. The van der Waals surface area contributed by atoms with Crippen molar-refractivity contribution in [3.05, 3.63) is 11.3 Å². The summed E-state index contributed by atoms with van der Waals surface area (Å²) in [6.07, 6.45) is 10.8. The fourth-order valence-electron chi connectivity index (χ4n) is 5.72. The van der Waals surface area contributed by atoms with E-state index in [0.717, 1.165) is 42.2 Å². The minimum atomic E-state index is 0.610. The summed E-state index contributed by atoms with van der Waals surface area (Å²) in [5.41, 5.74) is 2.47. The van der Waals surface area contributed by atoms with Crippen molar-refractivity contribution < 1.29 is 0 Å². The summed E-state index contributed by atoms with van der Waals surface area (Å²) in [5.74, 6) is 4.29. The Morgan fingerprint density at radius 2 is 1.68 bits per heavy atom. The summed E-state index contributed by atoms with van der Waals surface area (Å²) in [6.45, 7) is 1.08. The van der Waals surface area contributed by atoms with Gasteiger partial charge in [-0.2, -0.15) is 5.26 Å². The van der Waals surface area contributed by atoms with Crippen molar-refractivity contribution in [1.82, 2.24) is 5.32 Å². The molecule has 0 atom stereocenters. The maximum absolute atomic E-state index is 9.71. The van der Waals surface area contributed by atoms with Gasteiger partial charge in [-0.1, -0.05) is 0 Å². The molecular weight excluding hydrogens is 232 g/mol. The highest BCUT2D eigenvalue weighted by atomic mass is 14.9. The highest BCUT2D eigenvalue weighted by Crippen LogP contribution is 2.58. The van der Waals surface area contributed by atoms with Gasteiger partial charge in [-0.15, -0.1) is 0 Å². The number of rotatable bonds is 1. The van der Waals surface area contributed by atoms with E-state index in [2.05, 4.69) is 11.4 Å². The van der Waals surface area contributed by atoms with E-state index in [-0.39, 0.29) is 0 Å². The Bertz CT molecular complexity index is 407. The van der Waals surface area contributed by atoms with E-state index in [1.807, 2.05) is 0 Å². The van der Waals surface area contributed by atoms with Gasteiger partial charge in [0.05, 0.1) is 11.6 Å². The standard InChI is InChI=1S/C17H24N2/c18-10-15(16-3-1-2-4-19-16)17-13-6-11-5-12(8-13)9-14(17)7-11/h11-14,17,19H,1-9H2/b16-15+. The molecule has 5 fully saturated rings. The average Bonchev–Trinajstić information content (AvgIpc) is 2.43. The number of nitriles is 1. The maximum atomic E-state index is 9.71. The van der Waals surface area contributed by atoms with Gasteiger partial charge in [-0.25, -0.2) is 0 Å². The van der Waals surface area contributed by atoms with Crippen LogP contribution in [0.2, 0.25) is 0 Å². The third-order valence-electron chi connectivity index (χ3n) is 6.20. The molecule has 4 aliphatic carbocycles. The Labute approximate surface area is 116 Å². The summed E-state index contributed by atoms with van der Waals surface area (Å²) in [6, 6.07) is 2.62. The Morgan fingerprint density at radius 1 is 1.00 bits per heavy atom. The zero-order valence-corrected chi connectivity index (χ0v) is 11.7. The molecule has 1 saturated heterocycles. The van der Waals surface area contributed by atoms with Crippen LogP contribution in [-0.2, 0) is 0 Å². The van der Waals surface area contributed by atoms with Crippen molar-refractivity contribution >= 4 is 0 Å². The molecule has 4 saturated carbocycles. The molecule has 102 valence electrons. The van der Waals surface area contributed by atoms with E-state index in [0.29, 0.717) is 5.92 Å². The Morgan fingerprint density at radius 3 is 2.21 bits per heavy atom. The second-order valence-electron chi connectivity index (χ2n) is 7.34. The SMILES string of the molecule is N#C/C(=C1/CCCCN1)C1C2CC3CC(C2)CC1C3. The Balaban J connectivity index is 1.65. The molecule has 1 N–H and O–H groups in total. The van der Waals surface area contributed by atoms with Crippen molar-refractivity contribution in [2.75, 3.05) is 6.54 Å². The van der Waals surface area contributed by atoms with Crippen LogP contribution in [0.4, 0.5) is 0 Å². The average molecular weight is 256 g/mol. The number of allylic oxidation sites excluding steroid dienone is 2. The number of hydrogen-bond donors (Lipinski definition) is 1. The lowest BCUT2D eigenvalue weighted by molar-refractivity contribution is -0.0197. The summed E-state index contributed by atoms with van der Waals surface area (Å²) >= 11 is 0. The number of nitrogens with zero attached hydrogens (tertiary/aromatic N) is 1. The van der Waals surface area contributed by atoms with E-state index in [4.69, 9.17) is 0 Å². The van der Waals surface area contributed by atoms with Crippen LogP contribution in [0.3, 0.4) is 0 Å². The minimum absolute atomic E-state index is 0.610. The number of hydrogen-bond acceptors (Lipinski definition) is 2. The highest BCUT2D eigenvalue weighted by molar-refractivity contribution is 5.33. The minimum Gasteiger partial charge on any atom is -0.388 e. The third-order valence-corrected chi connectivity index (χ3v) is 6.20. The molecule has 0 amide bonds. The van der Waals surface area contributed by atoms with Crippen molar-refractivity contribution in [1.29, 1.82) is 5.26 Å². The first kappa shape index (κ1) is 11.8. The molecule has 5 rings (SSSR count). The van der Waals surface area contributed by atoms with Gasteiger partial charge >= 0.3 is 0 Å². The summed E-state index contributed by atoms with van der Waals surface area (Å²) in [7, 11) is 0. The van der Waals surface area contributed by atoms with Crippen LogP contribution in [0.15, 0.2) is 11.3 Å². The third kappa shape index (κ3) is 1.90.